The highest BCUT2D eigenvalue weighted by molar-refractivity contribution is 5.92. The summed E-state index contributed by atoms with van der Waals surface area (Å²) in [5.74, 6) is -0.00190. The average Bonchev–Trinajstić information content (AvgIpc) is 2.54. The lowest BCUT2D eigenvalue weighted by atomic mass is 10.2. The van der Waals surface area contributed by atoms with Crippen molar-refractivity contribution >= 4 is 5.91 Å². The molecule has 1 saturated heterocycles. The summed E-state index contributed by atoms with van der Waals surface area (Å²) in [4.78, 5) is 18.0. The van der Waals surface area contributed by atoms with E-state index < -0.39 is 0 Å². The van der Waals surface area contributed by atoms with Gasteiger partial charge in [0.1, 0.15) is 5.69 Å². The van der Waals surface area contributed by atoms with Gasteiger partial charge in [-0.3, -0.25) is 9.78 Å². The number of pyridine rings is 1. The molecule has 0 aromatic carbocycles. The third-order valence-electron chi connectivity index (χ3n) is 2.88. The number of carbonyl (C=O) groups is 1. The first-order valence-corrected chi connectivity index (χ1v) is 5.73. The van der Waals surface area contributed by atoms with Crippen LogP contribution in [0.1, 0.15) is 29.8 Å². The zero-order valence-electron chi connectivity index (χ0n) is 9.30. The Balaban J connectivity index is 2.09. The van der Waals surface area contributed by atoms with Gasteiger partial charge in [0.15, 0.2) is 0 Å². The Morgan fingerprint density at radius 3 is 3.06 bits per heavy atom. The van der Waals surface area contributed by atoms with E-state index in [2.05, 4.69) is 4.98 Å². The van der Waals surface area contributed by atoms with Gasteiger partial charge in [0.25, 0.3) is 5.91 Å². The molecule has 1 aliphatic rings. The molecule has 2 heterocycles. The largest absolute Gasteiger partial charge is 0.336 e. The number of nitrogens with two attached hydrogens (primary N) is 1. The van der Waals surface area contributed by atoms with Gasteiger partial charge in [0.05, 0.1) is 0 Å². The van der Waals surface area contributed by atoms with Crippen molar-refractivity contribution in [1.82, 2.24) is 9.88 Å². The van der Waals surface area contributed by atoms with Crippen LogP contribution in [0.3, 0.4) is 0 Å². The molecule has 0 aliphatic carbocycles. The maximum Gasteiger partial charge on any atom is 0.272 e. The van der Waals surface area contributed by atoms with Crippen LogP contribution in [0.4, 0.5) is 0 Å². The average molecular weight is 219 g/mol. The van der Waals surface area contributed by atoms with Crippen LogP contribution in [-0.2, 0) is 0 Å². The van der Waals surface area contributed by atoms with Crippen LogP contribution >= 0.6 is 0 Å². The number of carbonyl (C=O) groups excluding carboxylic acids is 1. The van der Waals surface area contributed by atoms with E-state index >= 15 is 0 Å². The molecule has 2 rings (SSSR count). The van der Waals surface area contributed by atoms with Crippen molar-refractivity contribution in [3.63, 3.8) is 0 Å². The highest BCUT2D eigenvalue weighted by Gasteiger charge is 2.21. The van der Waals surface area contributed by atoms with Crippen molar-refractivity contribution < 1.29 is 4.79 Å². The van der Waals surface area contributed by atoms with Crippen LogP contribution in [0, 0.1) is 0 Å². The molecule has 1 aromatic rings. The first kappa shape index (κ1) is 11.1. The molecule has 0 bridgehead atoms. The monoisotopic (exact) mass is 219 g/mol. The fraction of sp³-hybridized carbons (Fsp3) is 0.500. The summed E-state index contributed by atoms with van der Waals surface area (Å²) < 4.78 is 0. The lowest BCUT2D eigenvalue weighted by Gasteiger charge is -2.22. The first-order chi connectivity index (χ1) is 7.77. The topological polar surface area (TPSA) is 59.2 Å². The van der Waals surface area contributed by atoms with E-state index in [-0.39, 0.29) is 11.9 Å². The normalized spacial score (nSPS) is 21.6. The summed E-state index contributed by atoms with van der Waals surface area (Å²) in [6, 6.07) is 5.50. The van der Waals surface area contributed by atoms with Crippen LogP contribution in [-0.4, -0.2) is 34.9 Å². The number of nitrogens with zero attached hydrogens (tertiary/aromatic N) is 2. The maximum absolute atomic E-state index is 12.1. The van der Waals surface area contributed by atoms with Crippen LogP contribution in [0.25, 0.3) is 0 Å². The number of aromatic nitrogens is 1. The zero-order chi connectivity index (χ0) is 11.4. The molecule has 4 nitrogen and oxygen atoms in total. The van der Waals surface area contributed by atoms with Crippen molar-refractivity contribution in [2.24, 2.45) is 5.73 Å². The van der Waals surface area contributed by atoms with E-state index in [0.29, 0.717) is 12.2 Å². The Morgan fingerprint density at radius 2 is 2.31 bits per heavy atom. The molecule has 16 heavy (non-hydrogen) atoms. The second kappa shape index (κ2) is 5.07. The SMILES string of the molecule is NC1CCCCN(C(=O)c2ccccn2)C1. The van der Waals surface area contributed by atoms with E-state index in [0.717, 1.165) is 25.8 Å². The molecular formula is C12H17N3O. The van der Waals surface area contributed by atoms with E-state index in [9.17, 15) is 4.79 Å². The number of hydrogen-bond acceptors (Lipinski definition) is 3. The quantitative estimate of drug-likeness (QED) is 0.767. The Labute approximate surface area is 95.5 Å². The van der Waals surface area contributed by atoms with Gasteiger partial charge in [-0.15, -0.1) is 0 Å². The van der Waals surface area contributed by atoms with Crippen LogP contribution in [0.15, 0.2) is 24.4 Å². The molecule has 1 atom stereocenters. The smallest absolute Gasteiger partial charge is 0.272 e. The minimum Gasteiger partial charge on any atom is -0.336 e. The van der Waals surface area contributed by atoms with Gasteiger partial charge in [-0.2, -0.15) is 0 Å². The molecule has 4 heteroatoms. The van der Waals surface area contributed by atoms with Gasteiger partial charge < -0.3 is 10.6 Å². The molecule has 0 saturated carbocycles. The van der Waals surface area contributed by atoms with E-state index in [4.69, 9.17) is 5.73 Å². The fourth-order valence-electron chi connectivity index (χ4n) is 2.01. The van der Waals surface area contributed by atoms with Gasteiger partial charge >= 0.3 is 0 Å². The molecule has 2 N–H and O–H groups in total. The molecule has 1 aromatic heterocycles. The minimum atomic E-state index is -0.00190. The van der Waals surface area contributed by atoms with Crippen molar-refractivity contribution in [2.75, 3.05) is 13.1 Å². The number of amides is 1. The fourth-order valence-corrected chi connectivity index (χ4v) is 2.01. The first-order valence-electron chi connectivity index (χ1n) is 5.73. The predicted octanol–water partition coefficient (Wildman–Crippen LogP) is 1.03. The predicted molar refractivity (Wildman–Crippen MR) is 62.0 cm³/mol. The summed E-state index contributed by atoms with van der Waals surface area (Å²) in [5.41, 5.74) is 6.44. The van der Waals surface area contributed by atoms with E-state index in [1.54, 1.807) is 12.3 Å². The zero-order valence-corrected chi connectivity index (χ0v) is 9.30. The summed E-state index contributed by atoms with van der Waals surface area (Å²) in [5, 5.41) is 0. The van der Waals surface area contributed by atoms with Gasteiger partial charge in [-0.25, -0.2) is 0 Å². The molecule has 1 fully saturated rings. The Kier molecular flexibility index (Phi) is 3.51. The van der Waals surface area contributed by atoms with Crippen molar-refractivity contribution in [1.29, 1.82) is 0 Å². The Bertz CT molecular complexity index is 353. The van der Waals surface area contributed by atoms with Gasteiger partial charge in [-0.05, 0) is 25.0 Å². The number of hydrogen-bond donors (Lipinski definition) is 1. The summed E-state index contributed by atoms with van der Waals surface area (Å²) in [7, 11) is 0. The lowest BCUT2D eigenvalue weighted by molar-refractivity contribution is 0.0749. The lowest BCUT2D eigenvalue weighted by Crippen LogP contribution is -2.40. The number of likely N-dealkylation sites (tertiary alicyclic amines) is 1. The van der Waals surface area contributed by atoms with Crippen LogP contribution in [0.5, 0.6) is 0 Å². The van der Waals surface area contributed by atoms with Crippen molar-refractivity contribution in [3.05, 3.63) is 30.1 Å². The van der Waals surface area contributed by atoms with Crippen molar-refractivity contribution in [3.8, 4) is 0 Å². The second-order valence-electron chi connectivity index (χ2n) is 4.22. The van der Waals surface area contributed by atoms with Gasteiger partial charge in [-0.1, -0.05) is 12.5 Å². The minimum absolute atomic E-state index is 0.00190. The number of rotatable bonds is 1. The molecular weight excluding hydrogens is 202 g/mol. The van der Waals surface area contributed by atoms with Crippen LogP contribution < -0.4 is 5.73 Å². The van der Waals surface area contributed by atoms with Gasteiger partial charge in [0, 0.05) is 25.3 Å². The third-order valence-corrected chi connectivity index (χ3v) is 2.88. The molecule has 1 aliphatic heterocycles. The Hall–Kier alpha value is -1.42. The highest BCUT2D eigenvalue weighted by atomic mass is 16.2. The molecule has 0 radical (unpaired) electrons. The standard InChI is InChI=1S/C12H17N3O/c13-10-5-2-4-8-15(9-10)12(16)11-6-1-3-7-14-11/h1,3,6-7,10H,2,4-5,8-9,13H2. The maximum atomic E-state index is 12.1. The third kappa shape index (κ3) is 2.58. The van der Waals surface area contributed by atoms with Gasteiger partial charge in [0.2, 0.25) is 0 Å². The van der Waals surface area contributed by atoms with Crippen molar-refractivity contribution in [2.45, 2.75) is 25.3 Å². The second-order valence-corrected chi connectivity index (χ2v) is 4.22. The molecule has 1 amide bonds. The van der Waals surface area contributed by atoms with Crippen LogP contribution in [0.2, 0.25) is 0 Å². The summed E-state index contributed by atoms with van der Waals surface area (Å²) in [6.07, 6.45) is 4.79. The molecule has 0 spiro atoms. The summed E-state index contributed by atoms with van der Waals surface area (Å²) in [6.45, 7) is 1.44. The molecule has 86 valence electrons. The Morgan fingerprint density at radius 1 is 1.44 bits per heavy atom. The molecule has 1 unspecified atom stereocenters. The van der Waals surface area contributed by atoms with E-state index in [1.807, 2.05) is 17.0 Å². The summed E-state index contributed by atoms with van der Waals surface area (Å²) >= 11 is 0. The highest BCUT2D eigenvalue weighted by Crippen LogP contribution is 2.11. The van der Waals surface area contributed by atoms with E-state index in [1.165, 1.54) is 0 Å².